The fraction of sp³-hybridized carbons (Fsp3) is 0.364. The van der Waals surface area contributed by atoms with E-state index in [0.717, 1.165) is 26.7 Å². The van der Waals surface area contributed by atoms with Crippen LogP contribution in [-0.4, -0.2) is 23.9 Å². The number of carbonyl (C=O) groups is 1. The Hall–Kier alpha value is -0.100. The van der Waals surface area contributed by atoms with Gasteiger partial charge in [-0.15, -0.1) is 0 Å². The van der Waals surface area contributed by atoms with Gasteiger partial charge in [-0.25, -0.2) is 0 Å². The average Bonchev–Trinajstić information content (AvgIpc) is 2.23. The molecular formula is C11H13BrINO. The summed E-state index contributed by atoms with van der Waals surface area (Å²) < 4.78 is 1.95. The molecule has 0 unspecified atom stereocenters. The highest BCUT2D eigenvalue weighted by Crippen LogP contribution is 2.24. The molecule has 1 rings (SSSR count). The Kier molecular flexibility index (Phi) is 5.05. The van der Waals surface area contributed by atoms with E-state index in [1.165, 1.54) is 0 Å². The number of halogens is 2. The Balaban J connectivity index is 3.05. The van der Waals surface area contributed by atoms with Crippen molar-refractivity contribution in [3.8, 4) is 0 Å². The van der Waals surface area contributed by atoms with Gasteiger partial charge in [0.05, 0.1) is 5.56 Å². The molecule has 0 spiro atoms. The lowest BCUT2D eigenvalue weighted by atomic mass is 10.2. The Labute approximate surface area is 112 Å². The summed E-state index contributed by atoms with van der Waals surface area (Å²) in [4.78, 5) is 13.9. The van der Waals surface area contributed by atoms with Gasteiger partial charge >= 0.3 is 0 Å². The minimum absolute atomic E-state index is 0.0883. The highest BCUT2D eigenvalue weighted by Gasteiger charge is 2.16. The Morgan fingerprint density at radius 2 is 2.00 bits per heavy atom. The molecule has 0 radical (unpaired) electrons. The predicted octanol–water partition coefficient (Wildman–Crippen LogP) is 3.54. The van der Waals surface area contributed by atoms with Crippen LogP contribution in [0.3, 0.4) is 0 Å². The summed E-state index contributed by atoms with van der Waals surface area (Å²) in [6.07, 6.45) is 0. The van der Waals surface area contributed by atoms with E-state index in [2.05, 4.69) is 38.5 Å². The van der Waals surface area contributed by atoms with Crippen LogP contribution in [0, 0.1) is 3.57 Å². The molecule has 0 saturated heterocycles. The first-order valence-corrected chi connectivity index (χ1v) is 6.72. The number of hydrogen-bond donors (Lipinski definition) is 0. The predicted molar refractivity (Wildman–Crippen MR) is 74.1 cm³/mol. The van der Waals surface area contributed by atoms with Crippen molar-refractivity contribution in [3.63, 3.8) is 0 Å². The van der Waals surface area contributed by atoms with E-state index in [1.54, 1.807) is 0 Å². The third kappa shape index (κ3) is 2.93. The maximum Gasteiger partial charge on any atom is 0.255 e. The second-order valence-electron chi connectivity index (χ2n) is 3.08. The van der Waals surface area contributed by atoms with Crippen molar-refractivity contribution in [1.82, 2.24) is 4.90 Å². The van der Waals surface area contributed by atoms with Gasteiger partial charge in [0.25, 0.3) is 5.91 Å². The van der Waals surface area contributed by atoms with Crippen molar-refractivity contribution in [2.45, 2.75) is 13.8 Å². The molecule has 0 aliphatic carbocycles. The van der Waals surface area contributed by atoms with Crippen LogP contribution in [0.2, 0.25) is 0 Å². The molecule has 0 aliphatic heterocycles. The molecule has 1 aromatic rings. The van der Waals surface area contributed by atoms with Crippen LogP contribution in [0.15, 0.2) is 22.7 Å². The number of carbonyl (C=O) groups excluding carboxylic acids is 1. The Morgan fingerprint density at radius 1 is 1.40 bits per heavy atom. The molecule has 0 fully saturated rings. The molecule has 0 atom stereocenters. The first-order chi connectivity index (χ1) is 7.11. The second-order valence-corrected chi connectivity index (χ2v) is 5.03. The van der Waals surface area contributed by atoms with Crippen LogP contribution < -0.4 is 0 Å². The molecular weight excluding hydrogens is 369 g/mol. The lowest BCUT2D eigenvalue weighted by molar-refractivity contribution is 0.0772. The zero-order valence-electron chi connectivity index (χ0n) is 8.76. The normalized spacial score (nSPS) is 10.1. The first kappa shape index (κ1) is 13.0. The van der Waals surface area contributed by atoms with E-state index in [1.807, 2.05) is 36.9 Å². The average molecular weight is 382 g/mol. The number of hydrogen-bond acceptors (Lipinski definition) is 1. The molecule has 2 nitrogen and oxygen atoms in total. The van der Waals surface area contributed by atoms with E-state index in [-0.39, 0.29) is 5.91 Å². The monoisotopic (exact) mass is 381 g/mol. The molecule has 1 aromatic carbocycles. The van der Waals surface area contributed by atoms with Crippen LogP contribution in [-0.2, 0) is 0 Å². The van der Waals surface area contributed by atoms with Crippen LogP contribution in [0.25, 0.3) is 0 Å². The highest BCUT2D eigenvalue weighted by molar-refractivity contribution is 14.1. The molecule has 0 aromatic heterocycles. The fourth-order valence-electron chi connectivity index (χ4n) is 1.35. The highest BCUT2D eigenvalue weighted by atomic mass is 127. The summed E-state index contributed by atoms with van der Waals surface area (Å²) in [6, 6.07) is 5.74. The largest absolute Gasteiger partial charge is 0.339 e. The zero-order chi connectivity index (χ0) is 11.4. The van der Waals surface area contributed by atoms with Gasteiger partial charge in [0.1, 0.15) is 0 Å². The van der Waals surface area contributed by atoms with E-state index < -0.39 is 0 Å². The van der Waals surface area contributed by atoms with E-state index in [9.17, 15) is 4.79 Å². The molecule has 0 N–H and O–H groups in total. The van der Waals surface area contributed by atoms with Crippen molar-refractivity contribution in [2.75, 3.05) is 13.1 Å². The number of amides is 1. The number of nitrogens with zero attached hydrogens (tertiary/aromatic N) is 1. The Morgan fingerprint density at radius 3 is 2.53 bits per heavy atom. The van der Waals surface area contributed by atoms with Gasteiger partial charge in [-0.05, 0) is 64.5 Å². The van der Waals surface area contributed by atoms with Crippen molar-refractivity contribution in [1.29, 1.82) is 0 Å². The number of rotatable bonds is 3. The van der Waals surface area contributed by atoms with Gasteiger partial charge in [-0.1, -0.05) is 6.07 Å². The quantitative estimate of drug-likeness (QED) is 0.733. The SMILES string of the molecule is CCN(CC)C(=O)c1cccc(I)c1Br. The third-order valence-electron chi connectivity index (χ3n) is 2.23. The molecule has 0 saturated carbocycles. The number of benzene rings is 1. The fourth-order valence-corrected chi connectivity index (χ4v) is 2.28. The summed E-state index contributed by atoms with van der Waals surface area (Å²) in [6.45, 7) is 5.47. The molecule has 0 aliphatic rings. The molecule has 1 amide bonds. The Bertz CT molecular complexity index is 364. The van der Waals surface area contributed by atoms with Gasteiger partial charge in [-0.2, -0.15) is 0 Å². The summed E-state index contributed by atoms with van der Waals surface area (Å²) in [7, 11) is 0. The molecule has 0 bridgehead atoms. The van der Waals surface area contributed by atoms with Crippen molar-refractivity contribution < 1.29 is 4.79 Å². The van der Waals surface area contributed by atoms with E-state index in [0.29, 0.717) is 0 Å². The van der Waals surface area contributed by atoms with Crippen molar-refractivity contribution in [3.05, 3.63) is 31.8 Å². The summed E-state index contributed by atoms with van der Waals surface area (Å²) >= 11 is 5.67. The molecule has 82 valence electrons. The smallest absolute Gasteiger partial charge is 0.255 e. The van der Waals surface area contributed by atoms with Crippen LogP contribution in [0.4, 0.5) is 0 Å². The van der Waals surface area contributed by atoms with Crippen molar-refractivity contribution in [2.24, 2.45) is 0 Å². The standard InChI is InChI=1S/C11H13BrINO/c1-3-14(4-2)11(15)8-6-5-7-9(13)10(8)12/h5-7H,3-4H2,1-2H3. The first-order valence-electron chi connectivity index (χ1n) is 4.85. The maximum atomic E-state index is 12.1. The summed E-state index contributed by atoms with van der Waals surface area (Å²) in [5, 5.41) is 0. The van der Waals surface area contributed by atoms with Gasteiger partial charge in [-0.3, -0.25) is 4.79 Å². The van der Waals surface area contributed by atoms with Crippen LogP contribution >= 0.6 is 38.5 Å². The molecule has 15 heavy (non-hydrogen) atoms. The van der Waals surface area contributed by atoms with E-state index in [4.69, 9.17) is 0 Å². The van der Waals surface area contributed by atoms with E-state index >= 15 is 0 Å². The van der Waals surface area contributed by atoms with Gasteiger partial charge in [0.2, 0.25) is 0 Å². The second kappa shape index (κ2) is 5.84. The minimum Gasteiger partial charge on any atom is -0.339 e. The lowest BCUT2D eigenvalue weighted by Gasteiger charge is -2.19. The van der Waals surface area contributed by atoms with Gasteiger partial charge < -0.3 is 4.90 Å². The van der Waals surface area contributed by atoms with Crippen LogP contribution in [0.5, 0.6) is 0 Å². The zero-order valence-corrected chi connectivity index (χ0v) is 12.5. The van der Waals surface area contributed by atoms with Crippen LogP contribution in [0.1, 0.15) is 24.2 Å². The summed E-state index contributed by atoms with van der Waals surface area (Å²) in [5.41, 5.74) is 0.741. The summed E-state index contributed by atoms with van der Waals surface area (Å²) in [5.74, 6) is 0.0883. The molecule has 0 heterocycles. The topological polar surface area (TPSA) is 20.3 Å². The van der Waals surface area contributed by atoms with Crippen molar-refractivity contribution >= 4 is 44.4 Å². The van der Waals surface area contributed by atoms with Gasteiger partial charge in [0, 0.05) is 21.1 Å². The third-order valence-corrected chi connectivity index (χ3v) is 4.73. The lowest BCUT2D eigenvalue weighted by Crippen LogP contribution is -2.30. The molecule has 4 heteroatoms. The van der Waals surface area contributed by atoms with Gasteiger partial charge in [0.15, 0.2) is 0 Å². The maximum absolute atomic E-state index is 12.1. The minimum atomic E-state index is 0.0883.